The predicted molar refractivity (Wildman–Crippen MR) is 87.2 cm³/mol. The lowest BCUT2D eigenvalue weighted by Crippen LogP contribution is -2.29. The van der Waals surface area contributed by atoms with Crippen molar-refractivity contribution in [3.8, 4) is 0 Å². The number of amidine groups is 2. The number of hydrogen-bond donors (Lipinski definition) is 0. The second-order valence-corrected chi connectivity index (χ2v) is 4.51. The minimum Gasteiger partial charge on any atom is -0.468 e. The molecule has 1 aromatic carbocycles. The third-order valence-electron chi connectivity index (χ3n) is 2.76. The van der Waals surface area contributed by atoms with Crippen molar-refractivity contribution in [3.63, 3.8) is 0 Å². The highest BCUT2D eigenvalue weighted by molar-refractivity contribution is 5.91. The van der Waals surface area contributed by atoms with Crippen LogP contribution in [0.3, 0.4) is 0 Å². The number of methoxy groups -OCH3 is 1. The quantitative estimate of drug-likeness (QED) is 0.481. The van der Waals surface area contributed by atoms with Crippen LogP contribution in [0.25, 0.3) is 0 Å². The molecule has 0 bridgehead atoms. The van der Waals surface area contributed by atoms with Gasteiger partial charge in [0, 0.05) is 33.9 Å². The molecule has 0 unspecified atom stereocenters. The second kappa shape index (κ2) is 8.84. The third kappa shape index (κ3) is 5.33. The van der Waals surface area contributed by atoms with E-state index in [9.17, 15) is 0 Å². The summed E-state index contributed by atoms with van der Waals surface area (Å²) in [7, 11) is 8.99. The van der Waals surface area contributed by atoms with E-state index in [2.05, 4.69) is 9.98 Å². The van der Waals surface area contributed by atoms with E-state index in [1.54, 1.807) is 14.2 Å². The molecule has 21 heavy (non-hydrogen) atoms. The van der Waals surface area contributed by atoms with E-state index >= 15 is 0 Å². The first-order valence-electron chi connectivity index (χ1n) is 6.74. The largest absolute Gasteiger partial charge is 0.468 e. The summed E-state index contributed by atoms with van der Waals surface area (Å²) in [6.45, 7) is 0.938. The fourth-order valence-electron chi connectivity index (χ4n) is 1.74. The summed E-state index contributed by atoms with van der Waals surface area (Å²) in [5.74, 6) is 0. The third-order valence-corrected chi connectivity index (χ3v) is 2.76. The molecule has 6 heteroatoms. The lowest BCUT2D eigenvalue weighted by molar-refractivity contribution is 0.264. The minimum atomic E-state index is 0.445. The van der Waals surface area contributed by atoms with Gasteiger partial charge in [0.15, 0.2) is 0 Å². The van der Waals surface area contributed by atoms with Gasteiger partial charge in [0.1, 0.15) is 6.61 Å². The summed E-state index contributed by atoms with van der Waals surface area (Å²) in [6.07, 6.45) is 0. The lowest BCUT2D eigenvalue weighted by atomic mass is 10.3. The number of benzene rings is 1. The Bertz CT molecular complexity index is 472. The van der Waals surface area contributed by atoms with Gasteiger partial charge in [-0.05, 0) is 12.1 Å². The predicted octanol–water partition coefficient (Wildman–Crippen LogP) is 1.69. The van der Waals surface area contributed by atoms with Crippen LogP contribution in [0.15, 0.2) is 40.3 Å². The zero-order valence-corrected chi connectivity index (χ0v) is 13.4. The lowest BCUT2D eigenvalue weighted by Gasteiger charge is -2.20. The molecule has 0 heterocycles. The van der Waals surface area contributed by atoms with E-state index in [4.69, 9.17) is 9.47 Å². The van der Waals surface area contributed by atoms with Gasteiger partial charge in [-0.15, -0.1) is 0 Å². The molecule has 0 N–H and O–H groups in total. The Hall–Kier alpha value is -2.24. The highest BCUT2D eigenvalue weighted by Crippen LogP contribution is 2.11. The molecule has 0 radical (unpaired) electrons. The monoisotopic (exact) mass is 292 g/mol. The van der Waals surface area contributed by atoms with Crippen molar-refractivity contribution in [2.24, 2.45) is 9.98 Å². The molecule has 0 aliphatic heterocycles. The standard InChI is InChI=1S/C15H24N4O2/c1-16-14(18(2)3)21-12-11-17-15(20-5)19(4)13-9-7-6-8-10-13/h6-10H,11-12H2,1-5H3. The van der Waals surface area contributed by atoms with Crippen LogP contribution in [0, 0.1) is 0 Å². The van der Waals surface area contributed by atoms with Gasteiger partial charge in [-0.1, -0.05) is 18.2 Å². The number of anilines is 1. The van der Waals surface area contributed by atoms with Crippen LogP contribution in [0.2, 0.25) is 0 Å². The summed E-state index contributed by atoms with van der Waals surface area (Å²) >= 11 is 0. The van der Waals surface area contributed by atoms with E-state index in [-0.39, 0.29) is 0 Å². The second-order valence-electron chi connectivity index (χ2n) is 4.51. The smallest absolute Gasteiger partial charge is 0.291 e. The number of hydrogen-bond acceptors (Lipinski definition) is 4. The minimum absolute atomic E-state index is 0.445. The van der Waals surface area contributed by atoms with Gasteiger partial charge in [0.05, 0.1) is 13.7 Å². The summed E-state index contributed by atoms with van der Waals surface area (Å²) in [4.78, 5) is 12.1. The van der Waals surface area contributed by atoms with Crippen molar-refractivity contribution in [1.29, 1.82) is 0 Å². The van der Waals surface area contributed by atoms with E-state index in [1.807, 2.05) is 61.3 Å². The first kappa shape index (κ1) is 16.8. The van der Waals surface area contributed by atoms with E-state index in [1.165, 1.54) is 0 Å². The van der Waals surface area contributed by atoms with Gasteiger partial charge in [-0.25, -0.2) is 9.98 Å². The molecule has 0 atom stereocenters. The summed E-state index contributed by atoms with van der Waals surface area (Å²) in [5, 5.41) is 0. The molecule has 116 valence electrons. The molecular weight excluding hydrogens is 268 g/mol. The Morgan fingerprint density at radius 3 is 2.29 bits per heavy atom. The van der Waals surface area contributed by atoms with Crippen molar-refractivity contribution >= 4 is 17.7 Å². The van der Waals surface area contributed by atoms with Crippen molar-refractivity contribution < 1.29 is 9.47 Å². The number of rotatable bonds is 4. The van der Waals surface area contributed by atoms with Crippen LogP contribution in [0.5, 0.6) is 0 Å². The van der Waals surface area contributed by atoms with Crippen LogP contribution in [0.1, 0.15) is 0 Å². The Morgan fingerprint density at radius 2 is 1.76 bits per heavy atom. The van der Waals surface area contributed by atoms with E-state index < -0.39 is 0 Å². The van der Waals surface area contributed by atoms with Gasteiger partial charge < -0.3 is 14.4 Å². The number of ether oxygens (including phenoxy) is 2. The zero-order valence-electron chi connectivity index (χ0n) is 13.4. The van der Waals surface area contributed by atoms with Crippen LogP contribution in [-0.4, -0.2) is 65.4 Å². The highest BCUT2D eigenvalue weighted by atomic mass is 16.5. The molecular formula is C15H24N4O2. The molecule has 0 fully saturated rings. The van der Waals surface area contributed by atoms with Crippen molar-refractivity contribution in [2.75, 3.05) is 53.4 Å². The van der Waals surface area contributed by atoms with Gasteiger partial charge >= 0.3 is 0 Å². The van der Waals surface area contributed by atoms with Crippen LogP contribution in [0.4, 0.5) is 5.69 Å². The average molecular weight is 292 g/mol. The van der Waals surface area contributed by atoms with Gasteiger partial charge in [-0.2, -0.15) is 0 Å². The first-order chi connectivity index (χ1) is 10.1. The highest BCUT2D eigenvalue weighted by Gasteiger charge is 2.08. The molecule has 0 aliphatic carbocycles. The average Bonchev–Trinajstić information content (AvgIpc) is 2.51. The SMILES string of the molecule is CN=C(OCCN=C(OC)N(C)c1ccccc1)N(C)C. The molecule has 1 aromatic rings. The van der Waals surface area contributed by atoms with Crippen LogP contribution >= 0.6 is 0 Å². The number of aliphatic imine (C=N–C) groups is 2. The Kier molecular flexibility index (Phi) is 7.08. The maximum absolute atomic E-state index is 5.53. The van der Waals surface area contributed by atoms with Crippen LogP contribution in [-0.2, 0) is 9.47 Å². The number of para-hydroxylation sites is 1. The maximum atomic E-state index is 5.53. The van der Waals surface area contributed by atoms with Gasteiger partial charge in [0.2, 0.25) is 0 Å². The summed E-state index contributed by atoms with van der Waals surface area (Å²) in [5.41, 5.74) is 1.02. The zero-order chi connectivity index (χ0) is 15.7. The van der Waals surface area contributed by atoms with E-state index in [0.29, 0.717) is 25.2 Å². The molecule has 0 aliphatic rings. The van der Waals surface area contributed by atoms with Gasteiger partial charge in [-0.3, -0.25) is 4.90 Å². The molecule has 1 rings (SSSR count). The topological polar surface area (TPSA) is 49.7 Å². The summed E-state index contributed by atoms with van der Waals surface area (Å²) < 4.78 is 10.9. The van der Waals surface area contributed by atoms with Gasteiger partial charge in [0.25, 0.3) is 12.0 Å². The Morgan fingerprint density at radius 1 is 1.10 bits per heavy atom. The van der Waals surface area contributed by atoms with E-state index in [0.717, 1.165) is 5.69 Å². The molecule has 0 spiro atoms. The van der Waals surface area contributed by atoms with Crippen molar-refractivity contribution in [1.82, 2.24) is 4.90 Å². The maximum Gasteiger partial charge on any atom is 0.291 e. The Labute approximate surface area is 126 Å². The molecule has 0 aromatic heterocycles. The molecule has 0 saturated carbocycles. The fourth-order valence-corrected chi connectivity index (χ4v) is 1.74. The molecule has 0 saturated heterocycles. The Balaban J connectivity index is 2.56. The van der Waals surface area contributed by atoms with Crippen LogP contribution < -0.4 is 4.90 Å². The molecule has 0 amide bonds. The summed E-state index contributed by atoms with van der Waals surface area (Å²) in [6, 6.07) is 11.1. The molecule has 6 nitrogen and oxygen atoms in total. The number of nitrogens with zero attached hydrogens (tertiary/aromatic N) is 4. The first-order valence-corrected chi connectivity index (χ1v) is 6.74. The van der Waals surface area contributed by atoms with Crippen molar-refractivity contribution in [2.45, 2.75) is 0 Å². The van der Waals surface area contributed by atoms with Crippen molar-refractivity contribution in [3.05, 3.63) is 30.3 Å². The fraction of sp³-hybridized carbons (Fsp3) is 0.467. The normalized spacial score (nSPS) is 12.0.